The minimum atomic E-state index is -1.13. The van der Waals surface area contributed by atoms with Crippen molar-refractivity contribution < 1.29 is 41.4 Å². The van der Waals surface area contributed by atoms with E-state index < -0.39 is 46.2 Å². The molecule has 4 aromatic carbocycles. The number of ether oxygens (including phenoxy) is 3. The summed E-state index contributed by atoms with van der Waals surface area (Å²) < 4.78 is 78.3. The fraction of sp³-hybridized carbons (Fsp3) is 0.283. The van der Waals surface area contributed by atoms with Crippen molar-refractivity contribution >= 4 is 66.7 Å². The zero-order chi connectivity index (χ0) is 46.0. The van der Waals surface area contributed by atoms with Gasteiger partial charge < -0.3 is 24.8 Å². The molecule has 0 saturated heterocycles. The van der Waals surface area contributed by atoms with E-state index in [1.165, 1.54) is 28.9 Å². The fourth-order valence-electron chi connectivity index (χ4n) is 6.65. The summed E-state index contributed by atoms with van der Waals surface area (Å²) in [5, 5.41) is 6.72. The van der Waals surface area contributed by atoms with Crippen molar-refractivity contribution in [2.45, 2.75) is 46.4 Å². The first kappa shape index (κ1) is 47.1. The topological polar surface area (TPSA) is 131 Å². The number of aryl methyl sites for hydroxylation is 1. The van der Waals surface area contributed by atoms with Crippen molar-refractivity contribution in [1.82, 2.24) is 35.4 Å². The first-order valence-corrected chi connectivity index (χ1v) is 22.6. The lowest BCUT2D eigenvalue weighted by Gasteiger charge is -2.21. The number of aromatic nitrogens is 3. The molecule has 3 heterocycles. The normalized spacial score (nSPS) is 11.5. The Labute approximate surface area is 385 Å². The Kier molecular flexibility index (Phi) is 15.8. The highest BCUT2D eigenvalue weighted by atomic mass is 35.5. The predicted molar refractivity (Wildman–Crippen MR) is 243 cm³/mol. The van der Waals surface area contributed by atoms with Crippen LogP contribution in [0.25, 0.3) is 20.6 Å². The smallest absolute Gasteiger partial charge is 0.258 e. The van der Waals surface area contributed by atoms with Crippen LogP contribution in [0.5, 0.6) is 17.2 Å². The Balaban J connectivity index is 0.816. The largest absolute Gasteiger partial charge is 0.494 e. The molecule has 0 aliphatic heterocycles. The van der Waals surface area contributed by atoms with Gasteiger partial charge in [-0.2, -0.15) is 0 Å². The number of nitrogens with one attached hydrogen (secondary N) is 2. The molecule has 2 N–H and O–H groups in total. The number of hydrogen-bond acceptors (Lipinski definition) is 12. The van der Waals surface area contributed by atoms with Crippen LogP contribution < -0.4 is 24.8 Å². The maximum absolute atomic E-state index is 15.4. The number of pyridine rings is 1. The van der Waals surface area contributed by atoms with Gasteiger partial charge in [0.25, 0.3) is 11.8 Å². The van der Waals surface area contributed by atoms with E-state index in [0.29, 0.717) is 63.8 Å². The van der Waals surface area contributed by atoms with E-state index in [2.05, 4.69) is 32.5 Å². The van der Waals surface area contributed by atoms with Crippen molar-refractivity contribution in [2.24, 2.45) is 0 Å². The number of hydrogen-bond donors (Lipinski definition) is 2. The van der Waals surface area contributed by atoms with Gasteiger partial charge in [0, 0.05) is 19.3 Å². The first-order valence-electron chi connectivity index (χ1n) is 20.6. The van der Waals surface area contributed by atoms with E-state index in [9.17, 15) is 18.4 Å². The average Bonchev–Trinajstić information content (AvgIpc) is 3.91. The van der Waals surface area contributed by atoms with Crippen molar-refractivity contribution in [3.63, 3.8) is 0 Å². The third-order valence-electron chi connectivity index (χ3n) is 10.1. The standard InChI is InChI=1S/C46H44ClF4N7O5S2/c1-4-27-9-16-37-33(19-27)55-38(64-37)23-62-35-14-13-32(49)41(43(35)51)45(60)54-26-58(5-2)17-6-18-61-30-10-7-28(8-11-30)22-57(3)25-53-44(59)40-31(48)12-15-36(42(40)50)63-24-39-56-34-20-29(47)21-52-46(34)65-39/h7-16,19-21H,4-6,17-18,22-26H2,1-3H3,(H,53,59)(H,54,60). The molecule has 0 fully saturated rings. The summed E-state index contributed by atoms with van der Waals surface area (Å²) in [6.45, 7) is 5.71. The second kappa shape index (κ2) is 21.8. The summed E-state index contributed by atoms with van der Waals surface area (Å²) in [4.78, 5) is 43.4. The molecule has 12 nitrogen and oxygen atoms in total. The second-order valence-electron chi connectivity index (χ2n) is 14.8. The third kappa shape index (κ3) is 12.1. The third-order valence-corrected chi connectivity index (χ3v) is 12.3. The highest BCUT2D eigenvalue weighted by molar-refractivity contribution is 7.18. The fourth-order valence-corrected chi connectivity index (χ4v) is 8.46. The minimum Gasteiger partial charge on any atom is -0.494 e. The molecule has 0 saturated carbocycles. The van der Waals surface area contributed by atoms with Gasteiger partial charge in [-0.3, -0.25) is 19.4 Å². The van der Waals surface area contributed by atoms with Crippen molar-refractivity contribution in [3.8, 4) is 17.2 Å². The SMILES string of the molecule is CCc1ccc2sc(COc3ccc(F)c(C(=O)NCN(CC)CCCOc4ccc(CN(C)CNC(=O)c5c(F)ccc(OCc6nc7cc(Cl)cnc7s6)c5F)cc4)c3F)nc2c1. The molecule has 2 amide bonds. The number of benzene rings is 4. The molecule has 19 heteroatoms. The summed E-state index contributed by atoms with van der Waals surface area (Å²) >= 11 is 8.64. The minimum absolute atomic E-state index is 0.00692. The van der Waals surface area contributed by atoms with Crippen LogP contribution in [0.4, 0.5) is 17.6 Å². The summed E-state index contributed by atoms with van der Waals surface area (Å²) in [6.07, 6.45) is 2.96. The van der Waals surface area contributed by atoms with Crippen LogP contribution in [0.3, 0.4) is 0 Å². The zero-order valence-electron chi connectivity index (χ0n) is 35.6. The molecule has 0 atom stereocenters. The molecule has 0 spiro atoms. The van der Waals surface area contributed by atoms with Crippen LogP contribution in [-0.2, 0) is 26.2 Å². The molecule has 3 aromatic heterocycles. The highest BCUT2D eigenvalue weighted by Gasteiger charge is 2.24. The van der Waals surface area contributed by atoms with Gasteiger partial charge in [-0.25, -0.2) is 32.5 Å². The number of nitrogens with zero attached hydrogens (tertiary/aromatic N) is 5. The number of halogens is 5. The number of carbonyl (C=O) groups excluding carboxylic acids is 2. The van der Waals surface area contributed by atoms with Gasteiger partial charge >= 0.3 is 0 Å². The lowest BCUT2D eigenvalue weighted by atomic mass is 10.1. The van der Waals surface area contributed by atoms with Gasteiger partial charge in [0.1, 0.15) is 62.1 Å². The van der Waals surface area contributed by atoms with Crippen LogP contribution >= 0.6 is 34.3 Å². The van der Waals surface area contributed by atoms with Gasteiger partial charge in [-0.1, -0.05) is 55.0 Å². The molecule has 0 aliphatic carbocycles. The summed E-state index contributed by atoms with van der Waals surface area (Å²) in [5.74, 6) is -6.00. The highest BCUT2D eigenvalue weighted by Crippen LogP contribution is 2.29. The van der Waals surface area contributed by atoms with Crippen LogP contribution in [0.2, 0.25) is 5.02 Å². The van der Waals surface area contributed by atoms with E-state index in [1.54, 1.807) is 30.1 Å². The Bertz CT molecular complexity index is 2800. The van der Waals surface area contributed by atoms with Gasteiger partial charge in [0.05, 0.1) is 35.2 Å². The predicted octanol–water partition coefficient (Wildman–Crippen LogP) is 9.53. The van der Waals surface area contributed by atoms with Crippen LogP contribution in [0.1, 0.15) is 62.1 Å². The molecule has 7 rings (SSSR count). The molecule has 0 aliphatic rings. The number of fused-ring (bicyclic) bond motifs is 2. The Morgan fingerprint density at radius 1 is 0.738 bits per heavy atom. The molecule has 0 radical (unpaired) electrons. The van der Waals surface area contributed by atoms with Gasteiger partial charge in [0.15, 0.2) is 23.1 Å². The van der Waals surface area contributed by atoms with Crippen LogP contribution in [0, 0.1) is 23.3 Å². The maximum atomic E-state index is 15.4. The summed E-state index contributed by atoms with van der Waals surface area (Å²) in [6, 6.07) is 19.2. The van der Waals surface area contributed by atoms with Gasteiger partial charge in [0.2, 0.25) is 0 Å². The number of carbonyl (C=O) groups is 2. The summed E-state index contributed by atoms with van der Waals surface area (Å²) in [7, 11) is 1.74. The van der Waals surface area contributed by atoms with Crippen molar-refractivity contribution in [2.75, 3.05) is 40.1 Å². The Hall–Kier alpha value is -5.92. The lowest BCUT2D eigenvalue weighted by Crippen LogP contribution is -2.39. The van der Waals surface area contributed by atoms with Crippen LogP contribution in [0.15, 0.2) is 79.0 Å². The molecule has 340 valence electrons. The van der Waals surface area contributed by atoms with Crippen LogP contribution in [-0.4, -0.2) is 76.6 Å². The maximum Gasteiger partial charge on any atom is 0.258 e. The zero-order valence-corrected chi connectivity index (χ0v) is 37.9. The molecular weight excluding hydrogens is 906 g/mol. The quantitative estimate of drug-likeness (QED) is 0.0408. The van der Waals surface area contributed by atoms with Gasteiger partial charge in [-0.05, 0) is 92.2 Å². The number of rotatable bonds is 21. The number of thiazole rings is 2. The summed E-state index contributed by atoms with van der Waals surface area (Å²) in [5.41, 5.74) is 1.95. The van der Waals surface area contributed by atoms with E-state index in [-0.39, 0.29) is 38.1 Å². The molecule has 65 heavy (non-hydrogen) atoms. The van der Waals surface area contributed by atoms with E-state index in [1.807, 2.05) is 42.2 Å². The van der Waals surface area contributed by atoms with Crippen molar-refractivity contribution in [3.05, 3.63) is 140 Å². The monoisotopic (exact) mass is 949 g/mol. The van der Waals surface area contributed by atoms with E-state index >= 15 is 8.78 Å². The van der Waals surface area contributed by atoms with E-state index in [4.69, 9.17) is 25.8 Å². The molecule has 0 unspecified atom stereocenters. The van der Waals surface area contributed by atoms with E-state index in [0.717, 1.165) is 52.0 Å². The number of amides is 2. The Morgan fingerprint density at radius 3 is 2.00 bits per heavy atom. The lowest BCUT2D eigenvalue weighted by molar-refractivity contribution is 0.0906. The first-order chi connectivity index (χ1) is 31.4. The van der Waals surface area contributed by atoms with Gasteiger partial charge in [-0.15, -0.1) is 11.3 Å². The molecular formula is C46H44ClF4N7O5S2. The second-order valence-corrected chi connectivity index (χ2v) is 17.4. The Morgan fingerprint density at radius 2 is 1.35 bits per heavy atom. The molecule has 0 bridgehead atoms. The average molecular weight is 950 g/mol. The molecule has 7 aromatic rings. The van der Waals surface area contributed by atoms with Crippen molar-refractivity contribution in [1.29, 1.82) is 0 Å².